The topological polar surface area (TPSA) is 64.1 Å². The van der Waals surface area contributed by atoms with Gasteiger partial charge in [0, 0.05) is 116 Å². The minimum atomic E-state index is -2.76. The number of rotatable bonds is 8. The standard InChI is InChI=1S/2C30H27N2O.C28H23N2O/c2*1-18(2)22-15-17-26(32(6)20(22)4)27-19(3)12-13-23-24-14-16-25(31-5)28(30(24)33-29(23)27)21-10-8-7-9-11-21;1-17-12-16-24(30(5)19(17)3)25-18(2)11-13-21-22-14-15-23(29-4)26(28(22)31-27(21)25)20-9-7-6-8-10-20/h2*7-18H,1-4,6H3;6-16H,1-3,5H3/q3*+1/i1D3,7D,8D,9D,10D,11D,15D,17D,18D;7D,8D,9D,10D,11D,15D,17D,18D;1D3,6D,7D,8D,9D,10D,12D,16D. The van der Waals surface area contributed by atoms with Crippen LogP contribution in [0.15, 0.2) is 213 Å². The Labute approximate surface area is 608 Å². The highest BCUT2D eigenvalue weighted by Crippen LogP contribution is 2.48. The SMILES string of the molecule is [2H]c1c([2H])c([2H])c(-c2c([N+]#[C-])ccc3c2oc2c(-c4c([2H])c([2H])c(C([2H])(C)C([2H])([2H])[2H])c(C)[n+]4C)c(C)ccc23)c([2H])c1[2H].[2H]c1c([2H])c([2H])c(-c2c([N+]#[C-])ccc3c2oc2c(-c4c([2H])c([2H])c(C([2H])(C)C)c(C)[n+]4C)c(C)ccc23)c([2H])c1[2H].[2H]c1c([2H])c([2H])c(-c2c([N+]#[C-])ccc3c2oc2c(-c4c([2H])c([2H])c(C([2H])([2H])[2H])c(C)[n+]4C)c(C)ccc23)c([2H])c1[2H]. The summed E-state index contributed by atoms with van der Waals surface area (Å²) in [5.74, 6) is -3.25. The molecule has 0 N–H and O–H groups in total. The monoisotopic (exact) mass is 1290 g/mol. The van der Waals surface area contributed by atoms with Gasteiger partial charge in [-0.25, -0.2) is 14.5 Å². The lowest BCUT2D eigenvalue weighted by Crippen LogP contribution is -2.36. The molecule has 0 spiro atoms. The fourth-order valence-corrected chi connectivity index (χ4v) is 12.4. The summed E-state index contributed by atoms with van der Waals surface area (Å²) in [5.41, 5.74) is 7.17. The van der Waals surface area contributed by atoms with Gasteiger partial charge in [0.05, 0.1) is 65.2 Å². The number of fused-ring (bicyclic) bond motifs is 9. The van der Waals surface area contributed by atoms with Gasteiger partial charge in [0.15, 0.2) is 34.1 Å². The number of benzene rings is 9. The van der Waals surface area contributed by atoms with E-state index in [1.165, 1.54) is 19.1 Å². The predicted octanol–water partition coefficient (Wildman–Crippen LogP) is 23.3. The summed E-state index contributed by atoms with van der Waals surface area (Å²) in [7, 11) is 5.03. The van der Waals surface area contributed by atoms with Crippen molar-refractivity contribution < 1.29 is 66.7 Å². The van der Waals surface area contributed by atoms with Gasteiger partial charge in [-0.3, -0.25) is 0 Å². The lowest BCUT2D eigenvalue weighted by atomic mass is 9.96. The first-order chi connectivity index (χ1) is 58.6. The highest BCUT2D eigenvalue weighted by atomic mass is 16.3. The fraction of sp³-hybridized carbons (Fsp3) is 0.182. The van der Waals surface area contributed by atoms with E-state index in [4.69, 9.17) is 72.7 Å². The number of aryl methyl sites for hydroxylation is 3. The predicted molar refractivity (Wildman–Crippen MR) is 397 cm³/mol. The van der Waals surface area contributed by atoms with Crippen LogP contribution in [0.25, 0.3) is 148 Å². The molecular formula is C88H77N6O3+3. The molecule has 9 aromatic carbocycles. The summed E-state index contributed by atoms with van der Waals surface area (Å²) in [4.78, 5) is 10.7. The smallest absolute Gasteiger partial charge is 0.216 e. The molecule has 0 aliphatic rings. The van der Waals surface area contributed by atoms with E-state index in [9.17, 15) is 0 Å². The van der Waals surface area contributed by atoms with Crippen LogP contribution >= 0.6 is 0 Å². The lowest BCUT2D eigenvalue weighted by molar-refractivity contribution is -0.667. The molecule has 0 saturated carbocycles. The summed E-state index contributed by atoms with van der Waals surface area (Å²) in [5, 5.41) is 3.40. The maximum atomic E-state index is 9.00. The first-order valence-electron chi connectivity index (χ1n) is 45.0. The maximum Gasteiger partial charge on any atom is 0.216 e. The highest BCUT2D eigenvalue weighted by molar-refractivity contribution is 6.18. The molecule has 0 aliphatic heterocycles. The first kappa shape index (κ1) is 38.0. The molecule has 15 aromatic rings. The van der Waals surface area contributed by atoms with E-state index in [1.807, 2.05) is 26.0 Å². The van der Waals surface area contributed by atoms with Gasteiger partial charge in [0.25, 0.3) is 0 Å². The Balaban J connectivity index is 0.000000162. The van der Waals surface area contributed by atoms with E-state index >= 15 is 0 Å². The highest BCUT2D eigenvalue weighted by Gasteiger charge is 2.29. The van der Waals surface area contributed by atoms with Crippen LogP contribution in [0.3, 0.4) is 0 Å². The van der Waals surface area contributed by atoms with Crippen molar-refractivity contribution in [1.82, 2.24) is 0 Å². The van der Waals surface area contributed by atoms with Crippen LogP contribution in [0.1, 0.15) is 130 Å². The fourth-order valence-electron chi connectivity index (χ4n) is 12.4. The minimum Gasteiger partial charge on any atom is -0.456 e. The average molecular weight is 1300 g/mol. The van der Waals surface area contributed by atoms with E-state index in [2.05, 4.69) is 14.5 Å². The molecule has 9 heteroatoms. The maximum absolute atomic E-state index is 9.00. The first-order valence-corrected chi connectivity index (χ1v) is 30.5. The van der Waals surface area contributed by atoms with Crippen LogP contribution in [0.5, 0.6) is 0 Å². The Hall–Kier alpha value is -11.7. The van der Waals surface area contributed by atoms with Gasteiger partial charge in [0.2, 0.25) is 17.1 Å². The third kappa shape index (κ3) is 11.1. The van der Waals surface area contributed by atoms with Gasteiger partial charge in [-0.05, 0) is 90.9 Å². The van der Waals surface area contributed by atoms with Gasteiger partial charge in [-0.15, -0.1) is 0 Å². The van der Waals surface area contributed by atoms with Crippen LogP contribution in [0.4, 0.5) is 17.1 Å². The molecular weight excluding hydrogens is 1190 g/mol. The summed E-state index contributed by atoms with van der Waals surface area (Å²) < 4.78 is 266. The molecule has 0 amide bonds. The second kappa shape index (κ2) is 25.9. The van der Waals surface area contributed by atoms with Crippen LogP contribution in [0.2, 0.25) is 0 Å². The van der Waals surface area contributed by atoms with Crippen molar-refractivity contribution >= 4 is 82.9 Å². The van der Waals surface area contributed by atoms with Gasteiger partial charge in [0.1, 0.15) is 54.6 Å². The molecule has 474 valence electrons. The minimum absolute atomic E-state index is 0.0214. The third-order valence-corrected chi connectivity index (χ3v) is 17.7. The molecule has 6 heterocycles. The Kier molecular flexibility index (Phi) is 10.1. The summed E-state index contributed by atoms with van der Waals surface area (Å²) in [6.07, 6.45) is 0. The quantitative estimate of drug-likeness (QED) is 0.112. The van der Waals surface area contributed by atoms with E-state index < -0.39 is 128 Å². The summed E-state index contributed by atoms with van der Waals surface area (Å²) >= 11 is 0. The van der Waals surface area contributed by atoms with Crippen molar-refractivity contribution in [3.05, 3.63) is 284 Å². The van der Waals surface area contributed by atoms with Crippen LogP contribution < -0.4 is 13.7 Å². The molecule has 6 aromatic heterocycles. The number of furan rings is 3. The zero-order valence-corrected chi connectivity index (χ0v) is 54.8. The Morgan fingerprint density at radius 3 is 0.938 bits per heavy atom. The molecule has 0 radical (unpaired) electrons. The number of pyridine rings is 3. The van der Waals surface area contributed by atoms with E-state index in [0.29, 0.717) is 99.6 Å². The molecule has 0 bridgehead atoms. The zero-order valence-electron chi connectivity index (χ0n) is 83.8. The number of aromatic nitrogens is 3. The van der Waals surface area contributed by atoms with Crippen molar-refractivity contribution in [2.24, 2.45) is 21.1 Å². The molecule has 0 saturated heterocycles. The largest absolute Gasteiger partial charge is 0.456 e. The normalized spacial score (nSPS) is 16.6. The van der Waals surface area contributed by atoms with Crippen LogP contribution in [-0.2, 0) is 21.1 Å². The number of nitrogens with zero attached hydrogens (tertiary/aromatic N) is 6. The third-order valence-electron chi connectivity index (χ3n) is 17.7. The second-order valence-corrected chi connectivity index (χ2v) is 23.5. The van der Waals surface area contributed by atoms with E-state index in [-0.39, 0.29) is 119 Å². The van der Waals surface area contributed by atoms with Crippen molar-refractivity contribution in [2.45, 2.75) is 87.8 Å². The van der Waals surface area contributed by atoms with Gasteiger partial charge < -0.3 is 13.3 Å². The van der Waals surface area contributed by atoms with Crippen molar-refractivity contribution in [2.75, 3.05) is 0 Å². The molecule has 9 nitrogen and oxygen atoms in total. The molecule has 0 fully saturated rings. The molecule has 97 heavy (non-hydrogen) atoms. The van der Waals surface area contributed by atoms with Gasteiger partial charge in [-0.2, -0.15) is 13.7 Å². The molecule has 1 unspecified atom stereocenters. The molecule has 0 aliphatic carbocycles. The van der Waals surface area contributed by atoms with Gasteiger partial charge in [-0.1, -0.05) is 191 Å². The number of hydrogen-bond acceptors (Lipinski definition) is 3. The zero-order chi connectivity index (χ0) is 93.4. The van der Waals surface area contributed by atoms with Crippen molar-refractivity contribution in [1.29, 1.82) is 0 Å². The Bertz CT molecular complexity index is 7030. The van der Waals surface area contributed by atoms with Crippen LogP contribution in [-0.4, -0.2) is 0 Å². The summed E-state index contributed by atoms with van der Waals surface area (Å²) in [6, 6.07) is 11.3. The average Bonchev–Trinajstić information content (AvgIpc) is 1.46. The van der Waals surface area contributed by atoms with E-state index in [0.717, 1.165) is 5.56 Å². The van der Waals surface area contributed by atoms with Crippen LogP contribution in [0, 0.1) is 68.1 Å². The molecule has 1 atom stereocenters. The second-order valence-electron chi connectivity index (χ2n) is 23.5. The van der Waals surface area contributed by atoms with Gasteiger partial charge >= 0.3 is 0 Å². The Morgan fingerprint density at radius 2 is 0.639 bits per heavy atom. The lowest BCUT2D eigenvalue weighted by Gasteiger charge is -2.11. The van der Waals surface area contributed by atoms with E-state index in [1.54, 1.807) is 125 Å². The summed E-state index contributed by atoms with van der Waals surface area (Å²) in [6.45, 7) is 33.0. The molecule has 15 rings (SSSR count). The number of hydrogen-bond donors (Lipinski definition) is 0. The Morgan fingerprint density at radius 1 is 0.351 bits per heavy atom. The van der Waals surface area contributed by atoms with Crippen molar-refractivity contribution in [3.63, 3.8) is 0 Å². The van der Waals surface area contributed by atoms with Crippen molar-refractivity contribution in [3.8, 4) is 67.2 Å².